The number of benzene rings is 4. The lowest BCUT2D eigenvalue weighted by Crippen LogP contribution is -2.39. The highest BCUT2D eigenvalue weighted by Gasteiger charge is 2.34. The third-order valence-corrected chi connectivity index (χ3v) is 10.4. The fraction of sp³-hybridized carbons (Fsp3) is 0.308. The van der Waals surface area contributed by atoms with E-state index in [0.29, 0.717) is 25.0 Å². The highest BCUT2D eigenvalue weighted by Crippen LogP contribution is 2.37. The lowest BCUT2D eigenvalue weighted by molar-refractivity contribution is -0.137. The highest BCUT2D eigenvalue weighted by molar-refractivity contribution is 7.99. The Balaban J connectivity index is 1.20. The van der Waals surface area contributed by atoms with Crippen LogP contribution in [0.4, 0.5) is 13.2 Å². The first kappa shape index (κ1) is 34.9. The number of hydrogen-bond donors (Lipinski definition) is 1. The normalized spacial score (nSPS) is 14.3. The minimum Gasteiger partial charge on any atom is -0.493 e. The summed E-state index contributed by atoms with van der Waals surface area (Å²) in [6.07, 6.45) is -1.32. The largest absolute Gasteiger partial charge is 0.493 e. The fourth-order valence-corrected chi connectivity index (χ4v) is 7.64. The second-order valence-electron chi connectivity index (χ2n) is 12.2. The Bertz CT molecular complexity index is 1790. The summed E-state index contributed by atoms with van der Waals surface area (Å²) >= 11 is 8.15. The third kappa shape index (κ3) is 8.82. The van der Waals surface area contributed by atoms with Crippen LogP contribution in [0.2, 0.25) is 5.02 Å². The van der Waals surface area contributed by atoms with Crippen molar-refractivity contribution in [3.8, 4) is 5.75 Å². The molecule has 6 rings (SSSR count). The molecule has 0 spiro atoms. The minimum absolute atomic E-state index is 0.0466. The first-order valence-electron chi connectivity index (χ1n) is 16.5. The second-order valence-corrected chi connectivity index (χ2v) is 13.8. The molecule has 256 valence electrons. The smallest absolute Gasteiger partial charge is 0.417 e. The Kier molecular flexibility index (Phi) is 11.5. The summed E-state index contributed by atoms with van der Waals surface area (Å²) in [5.41, 5.74) is 2.79. The Hall–Kier alpha value is -3.92. The van der Waals surface area contributed by atoms with Crippen LogP contribution in [0.3, 0.4) is 0 Å². The van der Waals surface area contributed by atoms with Crippen molar-refractivity contribution in [3.05, 3.63) is 137 Å². The number of aromatic nitrogens is 1. The number of nitrogens with zero attached hydrogens (tertiary/aromatic N) is 2. The van der Waals surface area contributed by atoms with Crippen molar-refractivity contribution in [2.24, 2.45) is 0 Å². The molecule has 1 unspecified atom stereocenters. The van der Waals surface area contributed by atoms with E-state index < -0.39 is 11.7 Å². The van der Waals surface area contributed by atoms with Crippen molar-refractivity contribution in [2.45, 2.75) is 44.1 Å². The molecule has 1 amide bonds. The van der Waals surface area contributed by atoms with Crippen LogP contribution in [0, 0.1) is 0 Å². The molecule has 5 aromatic rings. The van der Waals surface area contributed by atoms with E-state index in [0.717, 1.165) is 58.4 Å². The van der Waals surface area contributed by atoms with Crippen LogP contribution >= 0.6 is 23.4 Å². The van der Waals surface area contributed by atoms with E-state index in [2.05, 4.69) is 29.6 Å². The van der Waals surface area contributed by atoms with Crippen LogP contribution in [0.15, 0.2) is 109 Å². The first-order valence-corrected chi connectivity index (χ1v) is 18.0. The predicted molar refractivity (Wildman–Crippen MR) is 192 cm³/mol. The monoisotopic (exact) mass is 705 g/mol. The van der Waals surface area contributed by atoms with Gasteiger partial charge in [-0.1, -0.05) is 90.5 Å². The van der Waals surface area contributed by atoms with Gasteiger partial charge in [0.2, 0.25) is 5.91 Å². The van der Waals surface area contributed by atoms with Gasteiger partial charge < -0.3 is 19.5 Å². The van der Waals surface area contributed by atoms with Gasteiger partial charge in [-0.05, 0) is 53.8 Å². The third-order valence-electron chi connectivity index (χ3n) is 9.06. The van der Waals surface area contributed by atoms with E-state index in [1.165, 1.54) is 6.07 Å². The lowest BCUT2D eigenvalue weighted by Gasteiger charge is -2.26. The number of alkyl halides is 3. The van der Waals surface area contributed by atoms with E-state index in [4.69, 9.17) is 16.3 Å². The van der Waals surface area contributed by atoms with E-state index in [1.807, 2.05) is 88.1 Å². The molecule has 0 bridgehead atoms. The number of carbonyl (C=O) groups excluding carboxylic acids is 1. The van der Waals surface area contributed by atoms with Gasteiger partial charge in [0.1, 0.15) is 12.3 Å². The summed E-state index contributed by atoms with van der Waals surface area (Å²) in [4.78, 5) is 14.9. The highest BCUT2D eigenvalue weighted by atomic mass is 35.5. The quantitative estimate of drug-likeness (QED) is 0.133. The van der Waals surface area contributed by atoms with Gasteiger partial charge in [0.05, 0.1) is 22.7 Å². The summed E-state index contributed by atoms with van der Waals surface area (Å²) in [5.74, 6) is 2.82. The number of ether oxygens (including phenoxy) is 1. The Labute approximate surface area is 294 Å². The van der Waals surface area contributed by atoms with Gasteiger partial charge in [0, 0.05) is 54.7 Å². The number of halogens is 4. The summed E-state index contributed by atoms with van der Waals surface area (Å²) in [5, 5.41) is 4.17. The zero-order valence-corrected chi connectivity index (χ0v) is 28.6. The van der Waals surface area contributed by atoms with E-state index in [1.54, 1.807) is 6.07 Å². The predicted octanol–water partition coefficient (Wildman–Crippen LogP) is 9.04. The summed E-state index contributed by atoms with van der Waals surface area (Å²) in [6, 6.07) is 32.2. The molecule has 2 heterocycles. The van der Waals surface area contributed by atoms with Crippen LogP contribution < -0.4 is 10.1 Å². The van der Waals surface area contributed by atoms with Crippen LogP contribution in [0.5, 0.6) is 5.75 Å². The first-order chi connectivity index (χ1) is 23.8. The summed E-state index contributed by atoms with van der Waals surface area (Å²) in [7, 11) is 0. The molecule has 10 heteroatoms. The molecule has 49 heavy (non-hydrogen) atoms. The maximum Gasteiger partial charge on any atom is 0.417 e. The van der Waals surface area contributed by atoms with Crippen molar-refractivity contribution in [3.63, 3.8) is 0 Å². The van der Waals surface area contributed by atoms with Gasteiger partial charge in [-0.3, -0.25) is 4.79 Å². The number of carbonyl (C=O) groups is 1. The molecule has 0 saturated carbocycles. The molecule has 1 aliphatic heterocycles. The molecule has 1 aliphatic rings. The van der Waals surface area contributed by atoms with Crippen molar-refractivity contribution in [1.82, 2.24) is 14.8 Å². The summed E-state index contributed by atoms with van der Waals surface area (Å²) in [6.45, 7) is 2.39. The van der Waals surface area contributed by atoms with Gasteiger partial charge in [-0.2, -0.15) is 24.9 Å². The van der Waals surface area contributed by atoms with E-state index in [9.17, 15) is 18.0 Å². The van der Waals surface area contributed by atoms with E-state index in [-0.39, 0.29) is 36.0 Å². The molecule has 0 aliphatic carbocycles. The Morgan fingerprint density at radius 2 is 1.55 bits per heavy atom. The molecular formula is C39H39ClF3N3O2S. The van der Waals surface area contributed by atoms with Crippen molar-refractivity contribution in [1.29, 1.82) is 0 Å². The zero-order chi connectivity index (χ0) is 34.2. The zero-order valence-electron chi connectivity index (χ0n) is 27.0. The van der Waals surface area contributed by atoms with Crippen molar-refractivity contribution in [2.75, 3.05) is 31.2 Å². The number of rotatable bonds is 13. The molecule has 0 radical (unpaired) electrons. The average molecular weight is 706 g/mol. The number of hydrogen-bond acceptors (Lipinski definition) is 4. The minimum atomic E-state index is -4.54. The number of nitrogens with one attached hydrogen (secondary N) is 1. The second kappa shape index (κ2) is 16.2. The number of amides is 1. The van der Waals surface area contributed by atoms with Gasteiger partial charge >= 0.3 is 6.18 Å². The standard InChI is InChI=1S/C39H39ClF3N3O2S/c40-38-30(13-7-14-34(38)39(41,42)43)26-44-31(25-33(28-9-3-1-4-10-28)29-11-5-2-6-12-29)18-22-48-36-16-8-15-35-32(36)17-19-46(35)27-37(47)45-20-23-49-24-21-45/h1-17,19,31,33,44H,18,20-27H2. The molecule has 1 atom stereocenters. The maximum atomic E-state index is 13.6. The number of thioether (sulfide) groups is 1. The molecule has 1 saturated heterocycles. The Morgan fingerprint density at radius 3 is 2.22 bits per heavy atom. The van der Waals surface area contributed by atoms with E-state index >= 15 is 0 Å². The van der Waals surface area contributed by atoms with Crippen LogP contribution in [-0.4, -0.2) is 52.6 Å². The number of fused-ring (bicyclic) bond motifs is 1. The van der Waals surface area contributed by atoms with Crippen molar-refractivity contribution >= 4 is 40.2 Å². The average Bonchev–Trinajstić information content (AvgIpc) is 3.53. The Morgan fingerprint density at radius 1 is 0.878 bits per heavy atom. The fourth-order valence-electron chi connectivity index (χ4n) is 6.44. The van der Waals surface area contributed by atoms with Crippen molar-refractivity contribution < 1.29 is 22.7 Å². The van der Waals surface area contributed by atoms with Gasteiger partial charge in [0.15, 0.2) is 0 Å². The van der Waals surface area contributed by atoms with Gasteiger partial charge in [-0.15, -0.1) is 0 Å². The van der Waals surface area contributed by atoms with Crippen LogP contribution in [-0.2, 0) is 24.1 Å². The maximum absolute atomic E-state index is 13.6. The lowest BCUT2D eigenvalue weighted by atomic mass is 9.85. The molecule has 5 nitrogen and oxygen atoms in total. The molecule has 1 fully saturated rings. The molecule has 1 N–H and O–H groups in total. The van der Waals surface area contributed by atoms with Crippen LogP contribution in [0.25, 0.3) is 10.9 Å². The van der Waals surface area contributed by atoms with Gasteiger partial charge in [-0.25, -0.2) is 0 Å². The SMILES string of the molecule is O=C(Cn1ccc2c(OCCC(CC(c3ccccc3)c3ccccc3)NCc3cccc(C(F)(F)F)c3Cl)cccc21)N1CCSCC1. The molecular weight excluding hydrogens is 667 g/mol. The molecule has 1 aromatic heterocycles. The van der Waals surface area contributed by atoms with Crippen LogP contribution in [0.1, 0.15) is 41.0 Å². The topological polar surface area (TPSA) is 46.5 Å². The molecule has 4 aromatic carbocycles. The van der Waals surface area contributed by atoms with Gasteiger partial charge in [0.25, 0.3) is 0 Å². The summed E-state index contributed by atoms with van der Waals surface area (Å²) < 4.78 is 49.2.